The first-order valence-corrected chi connectivity index (χ1v) is 7.39. The molecule has 0 atom stereocenters. The molecule has 0 fully saturated rings. The third-order valence-corrected chi connectivity index (χ3v) is 3.76. The number of aromatic nitrogens is 1. The van der Waals surface area contributed by atoms with Gasteiger partial charge in [-0.15, -0.1) is 0 Å². The molecule has 1 aromatic heterocycles. The molecular formula is C17H12Cl2N2O. The van der Waals surface area contributed by atoms with Gasteiger partial charge in [-0.05, 0) is 42.5 Å². The number of anilines is 1. The van der Waals surface area contributed by atoms with E-state index in [-0.39, 0.29) is 5.91 Å². The summed E-state index contributed by atoms with van der Waals surface area (Å²) in [6.07, 6.45) is 3.83. The Bertz CT molecular complexity index is 813. The lowest BCUT2D eigenvalue weighted by molar-refractivity contribution is 0.102. The van der Waals surface area contributed by atoms with Crippen LogP contribution in [-0.2, 0) is 0 Å². The summed E-state index contributed by atoms with van der Waals surface area (Å²) in [7, 11) is 0. The topological polar surface area (TPSA) is 34.0 Å². The molecule has 0 unspecified atom stereocenters. The molecule has 0 aliphatic rings. The molecule has 2 aromatic carbocycles. The second-order valence-electron chi connectivity index (χ2n) is 4.69. The van der Waals surface area contributed by atoms with Crippen LogP contribution in [0.3, 0.4) is 0 Å². The van der Waals surface area contributed by atoms with E-state index < -0.39 is 0 Å². The molecule has 0 bridgehead atoms. The van der Waals surface area contributed by atoms with E-state index in [0.29, 0.717) is 21.3 Å². The molecule has 22 heavy (non-hydrogen) atoms. The van der Waals surface area contributed by atoms with Gasteiger partial charge < -0.3 is 9.88 Å². The van der Waals surface area contributed by atoms with Gasteiger partial charge in [0, 0.05) is 17.4 Å². The number of para-hydroxylation sites is 2. The van der Waals surface area contributed by atoms with Crippen molar-refractivity contribution in [2.24, 2.45) is 0 Å². The van der Waals surface area contributed by atoms with E-state index >= 15 is 0 Å². The number of nitrogens with zero attached hydrogens (tertiary/aromatic N) is 1. The van der Waals surface area contributed by atoms with E-state index in [9.17, 15) is 4.79 Å². The van der Waals surface area contributed by atoms with Gasteiger partial charge in [0.15, 0.2) is 0 Å². The van der Waals surface area contributed by atoms with Gasteiger partial charge in [0.25, 0.3) is 5.91 Å². The predicted molar refractivity (Wildman–Crippen MR) is 90.2 cm³/mol. The van der Waals surface area contributed by atoms with Crippen LogP contribution in [0.4, 0.5) is 5.69 Å². The fraction of sp³-hybridized carbons (Fsp3) is 0. The summed E-state index contributed by atoms with van der Waals surface area (Å²) >= 11 is 11.9. The van der Waals surface area contributed by atoms with Crippen LogP contribution in [0.2, 0.25) is 10.0 Å². The normalized spacial score (nSPS) is 10.5. The third kappa shape index (κ3) is 3.01. The second-order valence-corrected chi connectivity index (χ2v) is 5.53. The number of hydrogen-bond acceptors (Lipinski definition) is 1. The number of amides is 1. The Labute approximate surface area is 138 Å². The molecule has 110 valence electrons. The molecule has 0 aliphatic heterocycles. The predicted octanol–water partition coefficient (Wildman–Crippen LogP) is 5.04. The van der Waals surface area contributed by atoms with Gasteiger partial charge in [0.05, 0.1) is 22.0 Å². The minimum Gasteiger partial charge on any atom is -0.322 e. The highest BCUT2D eigenvalue weighted by atomic mass is 35.5. The van der Waals surface area contributed by atoms with Gasteiger partial charge in [-0.25, -0.2) is 0 Å². The van der Waals surface area contributed by atoms with Crippen LogP contribution in [-0.4, -0.2) is 10.5 Å². The molecule has 0 saturated carbocycles. The van der Waals surface area contributed by atoms with Crippen LogP contribution in [0.5, 0.6) is 0 Å². The first kappa shape index (κ1) is 14.7. The lowest BCUT2D eigenvalue weighted by atomic mass is 10.2. The quantitative estimate of drug-likeness (QED) is 0.717. The molecule has 5 heteroatoms. The van der Waals surface area contributed by atoms with Gasteiger partial charge >= 0.3 is 0 Å². The van der Waals surface area contributed by atoms with Gasteiger partial charge in [-0.2, -0.15) is 0 Å². The third-order valence-electron chi connectivity index (χ3n) is 3.21. The largest absolute Gasteiger partial charge is 0.322 e. The zero-order chi connectivity index (χ0) is 15.5. The Kier molecular flexibility index (Phi) is 4.18. The van der Waals surface area contributed by atoms with Crippen LogP contribution in [0.15, 0.2) is 67.0 Å². The maximum absolute atomic E-state index is 12.4. The van der Waals surface area contributed by atoms with Crippen molar-refractivity contribution in [3.05, 3.63) is 82.6 Å². The Balaban J connectivity index is 1.92. The smallest absolute Gasteiger partial charge is 0.257 e. The molecular weight excluding hydrogens is 319 g/mol. The molecule has 0 aliphatic carbocycles. The van der Waals surface area contributed by atoms with E-state index in [1.807, 2.05) is 53.4 Å². The minimum atomic E-state index is -0.277. The number of carbonyl (C=O) groups is 1. The average molecular weight is 331 g/mol. The van der Waals surface area contributed by atoms with E-state index in [0.717, 1.165) is 5.69 Å². The lowest BCUT2D eigenvalue weighted by Crippen LogP contribution is -2.14. The number of benzene rings is 2. The SMILES string of the molecule is O=C(Nc1ccccc1-n1cccc1)c1ccc(Cl)cc1Cl. The zero-order valence-corrected chi connectivity index (χ0v) is 13.0. The van der Waals surface area contributed by atoms with Gasteiger partial charge in [0.2, 0.25) is 0 Å². The summed E-state index contributed by atoms with van der Waals surface area (Å²) in [4.78, 5) is 12.4. The van der Waals surface area contributed by atoms with Gasteiger partial charge in [-0.1, -0.05) is 35.3 Å². The highest BCUT2D eigenvalue weighted by Gasteiger charge is 2.13. The summed E-state index contributed by atoms with van der Waals surface area (Å²) in [5.41, 5.74) is 1.97. The number of hydrogen-bond donors (Lipinski definition) is 1. The fourth-order valence-corrected chi connectivity index (χ4v) is 2.66. The Morgan fingerprint density at radius 1 is 0.955 bits per heavy atom. The molecule has 0 spiro atoms. The number of rotatable bonds is 3. The van der Waals surface area contributed by atoms with Crippen molar-refractivity contribution in [3.8, 4) is 5.69 Å². The van der Waals surface area contributed by atoms with Crippen molar-refractivity contribution in [1.29, 1.82) is 0 Å². The van der Waals surface area contributed by atoms with E-state index in [4.69, 9.17) is 23.2 Å². The van der Waals surface area contributed by atoms with Crippen molar-refractivity contribution in [2.75, 3.05) is 5.32 Å². The van der Waals surface area contributed by atoms with E-state index in [1.165, 1.54) is 0 Å². The van der Waals surface area contributed by atoms with Crippen LogP contribution >= 0.6 is 23.2 Å². The number of nitrogens with one attached hydrogen (secondary N) is 1. The Morgan fingerprint density at radius 3 is 2.41 bits per heavy atom. The maximum atomic E-state index is 12.4. The van der Waals surface area contributed by atoms with Crippen LogP contribution in [0.25, 0.3) is 5.69 Å². The molecule has 1 heterocycles. The monoisotopic (exact) mass is 330 g/mol. The highest BCUT2D eigenvalue weighted by Crippen LogP contribution is 2.24. The van der Waals surface area contributed by atoms with Crippen LogP contribution < -0.4 is 5.32 Å². The fourth-order valence-electron chi connectivity index (χ4n) is 2.16. The van der Waals surface area contributed by atoms with Crippen molar-refractivity contribution in [3.63, 3.8) is 0 Å². The summed E-state index contributed by atoms with van der Waals surface area (Å²) in [6.45, 7) is 0. The molecule has 1 amide bonds. The first-order valence-electron chi connectivity index (χ1n) is 6.64. The molecule has 3 rings (SSSR count). The van der Waals surface area contributed by atoms with Crippen LogP contribution in [0, 0.1) is 0 Å². The standard InChI is InChI=1S/C17H12Cl2N2O/c18-12-7-8-13(14(19)11-12)17(22)20-15-5-1-2-6-16(15)21-9-3-4-10-21/h1-11H,(H,20,22). The van der Waals surface area contributed by atoms with Crippen molar-refractivity contribution in [1.82, 2.24) is 4.57 Å². The number of halogens is 2. The average Bonchev–Trinajstić information content (AvgIpc) is 3.01. The molecule has 0 radical (unpaired) electrons. The summed E-state index contributed by atoms with van der Waals surface area (Å²) < 4.78 is 1.93. The van der Waals surface area contributed by atoms with E-state index in [2.05, 4.69) is 5.32 Å². The Morgan fingerprint density at radius 2 is 1.68 bits per heavy atom. The second kappa shape index (κ2) is 6.26. The molecule has 3 aromatic rings. The highest BCUT2D eigenvalue weighted by molar-refractivity contribution is 6.37. The summed E-state index contributed by atoms with van der Waals surface area (Å²) in [5, 5.41) is 3.71. The lowest BCUT2D eigenvalue weighted by Gasteiger charge is -2.12. The maximum Gasteiger partial charge on any atom is 0.257 e. The molecule has 0 saturated heterocycles. The summed E-state index contributed by atoms with van der Waals surface area (Å²) in [6, 6.07) is 16.2. The Hall–Kier alpha value is -2.23. The molecule has 1 N–H and O–H groups in total. The van der Waals surface area contributed by atoms with Crippen molar-refractivity contribution < 1.29 is 4.79 Å². The number of carbonyl (C=O) groups excluding carboxylic acids is 1. The molecule has 3 nitrogen and oxygen atoms in total. The van der Waals surface area contributed by atoms with Gasteiger partial charge in [-0.3, -0.25) is 4.79 Å². The van der Waals surface area contributed by atoms with Crippen molar-refractivity contribution >= 4 is 34.8 Å². The zero-order valence-electron chi connectivity index (χ0n) is 11.5. The van der Waals surface area contributed by atoms with E-state index in [1.54, 1.807) is 18.2 Å². The first-order chi connectivity index (χ1) is 10.6. The summed E-state index contributed by atoms with van der Waals surface area (Å²) in [5.74, 6) is -0.277. The minimum absolute atomic E-state index is 0.277. The van der Waals surface area contributed by atoms with Crippen LogP contribution in [0.1, 0.15) is 10.4 Å². The van der Waals surface area contributed by atoms with Gasteiger partial charge in [0.1, 0.15) is 0 Å². The van der Waals surface area contributed by atoms with Crippen molar-refractivity contribution in [2.45, 2.75) is 0 Å².